The van der Waals surface area contributed by atoms with Crippen molar-refractivity contribution in [2.24, 2.45) is 5.73 Å². The minimum absolute atomic E-state index is 0.0794. The fraction of sp³-hybridized carbons (Fsp3) is 0.429. The molecule has 0 fully saturated rings. The number of rotatable bonds is 8. The number of amides is 2. The van der Waals surface area contributed by atoms with Crippen LogP contribution in [0.15, 0.2) is 24.3 Å². The Morgan fingerprint density at radius 2 is 1.90 bits per heavy atom. The summed E-state index contributed by atoms with van der Waals surface area (Å²) >= 11 is 0. The van der Waals surface area contributed by atoms with E-state index in [0.29, 0.717) is 18.0 Å². The predicted octanol–water partition coefficient (Wildman–Crippen LogP) is 0.762. The maximum atomic E-state index is 12.0. The van der Waals surface area contributed by atoms with Crippen LogP contribution >= 0.6 is 0 Å². The van der Waals surface area contributed by atoms with Gasteiger partial charge in [-0.1, -0.05) is 13.3 Å². The highest BCUT2D eigenvalue weighted by molar-refractivity contribution is 5.84. The van der Waals surface area contributed by atoms with Gasteiger partial charge < -0.3 is 21.1 Å². The molecular formula is C14H21N3O3. The van der Waals surface area contributed by atoms with Gasteiger partial charge in [0.2, 0.25) is 5.91 Å². The molecule has 110 valence electrons. The van der Waals surface area contributed by atoms with Crippen LogP contribution in [0.4, 0.5) is 5.69 Å². The summed E-state index contributed by atoms with van der Waals surface area (Å²) in [5.41, 5.74) is 11.3. The van der Waals surface area contributed by atoms with Crippen molar-refractivity contribution in [2.75, 3.05) is 25.4 Å². The van der Waals surface area contributed by atoms with Crippen molar-refractivity contribution < 1.29 is 14.3 Å². The summed E-state index contributed by atoms with van der Waals surface area (Å²) in [6, 6.07) is 6.76. The Kier molecular flexibility index (Phi) is 6.36. The molecule has 0 saturated heterocycles. The van der Waals surface area contributed by atoms with E-state index in [1.54, 1.807) is 24.3 Å². The number of anilines is 1. The third-order valence-electron chi connectivity index (χ3n) is 2.72. The first-order valence-electron chi connectivity index (χ1n) is 6.57. The van der Waals surface area contributed by atoms with Crippen LogP contribution in [-0.4, -0.2) is 36.4 Å². The average Bonchev–Trinajstić information content (AvgIpc) is 2.42. The van der Waals surface area contributed by atoms with Gasteiger partial charge in [-0.25, -0.2) is 0 Å². The second kappa shape index (κ2) is 8.04. The largest absolute Gasteiger partial charge is 0.484 e. The van der Waals surface area contributed by atoms with Crippen LogP contribution in [0.3, 0.4) is 0 Å². The van der Waals surface area contributed by atoms with Gasteiger partial charge in [0, 0.05) is 12.2 Å². The monoisotopic (exact) mass is 279 g/mol. The summed E-state index contributed by atoms with van der Waals surface area (Å²) < 4.78 is 5.37. The molecule has 2 amide bonds. The van der Waals surface area contributed by atoms with Gasteiger partial charge in [-0.15, -0.1) is 0 Å². The highest BCUT2D eigenvalue weighted by atomic mass is 16.5. The number of unbranched alkanes of at least 4 members (excludes halogenated alkanes) is 1. The molecule has 1 aromatic rings. The van der Waals surface area contributed by atoms with Crippen LogP contribution in [0.5, 0.6) is 5.75 Å². The van der Waals surface area contributed by atoms with Crippen molar-refractivity contribution in [3.63, 3.8) is 0 Å². The molecule has 1 rings (SSSR count). The van der Waals surface area contributed by atoms with Gasteiger partial charge in [0.05, 0.1) is 6.54 Å². The van der Waals surface area contributed by atoms with Gasteiger partial charge in [0.15, 0.2) is 6.61 Å². The zero-order valence-electron chi connectivity index (χ0n) is 11.7. The zero-order chi connectivity index (χ0) is 15.0. The molecule has 0 saturated carbocycles. The second-order valence-corrected chi connectivity index (χ2v) is 4.49. The Bertz CT molecular complexity index is 445. The second-order valence-electron chi connectivity index (χ2n) is 4.49. The van der Waals surface area contributed by atoms with E-state index in [-0.39, 0.29) is 19.1 Å². The normalized spacial score (nSPS) is 10.1. The first-order chi connectivity index (χ1) is 9.52. The lowest BCUT2D eigenvalue weighted by atomic mass is 10.3. The number of ether oxygens (including phenoxy) is 1. The van der Waals surface area contributed by atoms with E-state index in [4.69, 9.17) is 16.2 Å². The number of nitrogens with two attached hydrogens (primary N) is 2. The highest BCUT2D eigenvalue weighted by Gasteiger charge is 2.15. The molecule has 0 aromatic heterocycles. The summed E-state index contributed by atoms with van der Waals surface area (Å²) in [6.07, 6.45) is 1.75. The molecule has 0 heterocycles. The van der Waals surface area contributed by atoms with Crippen LogP contribution in [-0.2, 0) is 9.59 Å². The average molecular weight is 279 g/mol. The topological polar surface area (TPSA) is 98.6 Å². The minimum Gasteiger partial charge on any atom is -0.484 e. The third kappa shape index (κ3) is 5.60. The van der Waals surface area contributed by atoms with Crippen LogP contribution in [0.2, 0.25) is 0 Å². The van der Waals surface area contributed by atoms with E-state index in [9.17, 15) is 9.59 Å². The fourth-order valence-electron chi connectivity index (χ4n) is 1.63. The van der Waals surface area contributed by atoms with Crippen LogP contribution in [0.25, 0.3) is 0 Å². The first kappa shape index (κ1) is 15.8. The molecule has 0 unspecified atom stereocenters. The summed E-state index contributed by atoms with van der Waals surface area (Å²) in [5, 5.41) is 0. The summed E-state index contributed by atoms with van der Waals surface area (Å²) in [6.45, 7) is 2.31. The van der Waals surface area contributed by atoms with E-state index >= 15 is 0 Å². The van der Waals surface area contributed by atoms with E-state index in [1.807, 2.05) is 6.92 Å². The predicted molar refractivity (Wildman–Crippen MR) is 77.0 cm³/mol. The molecule has 0 atom stereocenters. The molecule has 1 aromatic carbocycles. The highest BCUT2D eigenvalue weighted by Crippen LogP contribution is 2.13. The van der Waals surface area contributed by atoms with E-state index < -0.39 is 5.91 Å². The lowest BCUT2D eigenvalue weighted by Gasteiger charge is -2.21. The lowest BCUT2D eigenvalue weighted by molar-refractivity contribution is -0.137. The zero-order valence-corrected chi connectivity index (χ0v) is 11.7. The van der Waals surface area contributed by atoms with Crippen molar-refractivity contribution in [1.82, 2.24) is 4.90 Å². The number of carbonyl (C=O) groups is 2. The van der Waals surface area contributed by atoms with E-state index in [2.05, 4.69) is 0 Å². The molecule has 4 N–H and O–H groups in total. The number of primary amides is 1. The molecule has 0 aliphatic carbocycles. The van der Waals surface area contributed by atoms with E-state index in [0.717, 1.165) is 12.8 Å². The van der Waals surface area contributed by atoms with Crippen LogP contribution < -0.4 is 16.2 Å². The molecule has 20 heavy (non-hydrogen) atoms. The SMILES string of the molecule is CCCCN(CC(N)=O)C(=O)COc1ccc(N)cc1. The maximum Gasteiger partial charge on any atom is 0.260 e. The van der Waals surface area contributed by atoms with Crippen molar-refractivity contribution >= 4 is 17.5 Å². The standard InChI is InChI=1S/C14H21N3O3/c1-2-3-8-17(9-13(16)18)14(19)10-20-12-6-4-11(15)5-7-12/h4-7H,2-3,8-10,15H2,1H3,(H2,16,18). The van der Waals surface area contributed by atoms with Crippen molar-refractivity contribution in [1.29, 1.82) is 0 Å². The number of nitrogens with zero attached hydrogens (tertiary/aromatic N) is 1. The fourth-order valence-corrected chi connectivity index (χ4v) is 1.63. The number of hydrogen-bond acceptors (Lipinski definition) is 4. The third-order valence-corrected chi connectivity index (χ3v) is 2.72. The molecule has 0 spiro atoms. The molecular weight excluding hydrogens is 258 g/mol. The van der Waals surface area contributed by atoms with E-state index in [1.165, 1.54) is 4.90 Å². The first-order valence-corrected chi connectivity index (χ1v) is 6.57. The van der Waals surface area contributed by atoms with Gasteiger partial charge in [-0.2, -0.15) is 0 Å². The smallest absolute Gasteiger partial charge is 0.260 e. The molecule has 0 radical (unpaired) electrons. The Hall–Kier alpha value is -2.24. The quantitative estimate of drug-likeness (QED) is 0.686. The molecule has 6 heteroatoms. The molecule has 0 aliphatic heterocycles. The van der Waals surface area contributed by atoms with Crippen molar-refractivity contribution in [3.8, 4) is 5.75 Å². The number of nitrogen functional groups attached to an aromatic ring is 1. The number of hydrogen-bond donors (Lipinski definition) is 2. The summed E-state index contributed by atoms with van der Waals surface area (Å²) in [4.78, 5) is 24.4. The van der Waals surface area contributed by atoms with Gasteiger partial charge in [0.1, 0.15) is 5.75 Å². The summed E-state index contributed by atoms with van der Waals surface area (Å²) in [7, 11) is 0. The van der Waals surface area contributed by atoms with Crippen LogP contribution in [0.1, 0.15) is 19.8 Å². The number of carbonyl (C=O) groups excluding carboxylic acids is 2. The molecule has 0 bridgehead atoms. The van der Waals surface area contributed by atoms with Crippen molar-refractivity contribution in [3.05, 3.63) is 24.3 Å². The van der Waals surface area contributed by atoms with Gasteiger partial charge in [-0.05, 0) is 30.7 Å². The van der Waals surface area contributed by atoms with Crippen LogP contribution in [0, 0.1) is 0 Å². The Morgan fingerprint density at radius 1 is 1.25 bits per heavy atom. The minimum atomic E-state index is -0.526. The van der Waals surface area contributed by atoms with Crippen molar-refractivity contribution in [2.45, 2.75) is 19.8 Å². The Morgan fingerprint density at radius 3 is 2.45 bits per heavy atom. The molecule has 6 nitrogen and oxygen atoms in total. The Labute approximate surface area is 118 Å². The summed E-state index contributed by atoms with van der Waals surface area (Å²) in [5.74, 6) is -0.224. The molecule has 0 aliphatic rings. The Balaban J connectivity index is 2.51. The van der Waals surface area contributed by atoms with Gasteiger partial charge >= 0.3 is 0 Å². The maximum absolute atomic E-state index is 12.0. The number of benzene rings is 1. The van der Waals surface area contributed by atoms with Gasteiger partial charge in [-0.3, -0.25) is 9.59 Å². The van der Waals surface area contributed by atoms with Gasteiger partial charge in [0.25, 0.3) is 5.91 Å². The lowest BCUT2D eigenvalue weighted by Crippen LogP contribution is -2.41.